The summed E-state index contributed by atoms with van der Waals surface area (Å²) in [6.45, 7) is 3.51. The molecule has 1 aromatic carbocycles. The van der Waals surface area contributed by atoms with Crippen molar-refractivity contribution in [2.45, 2.75) is 56.2 Å². The number of aliphatic imine (C=N–C) groups is 1. The predicted molar refractivity (Wildman–Crippen MR) is 126 cm³/mol. The predicted octanol–water partition coefficient (Wildman–Crippen LogP) is 4.50. The number of halogens is 4. The topological polar surface area (TPSA) is 54.9 Å². The molecule has 31 heavy (non-hydrogen) atoms. The van der Waals surface area contributed by atoms with E-state index in [1.165, 1.54) is 12.1 Å². The highest BCUT2D eigenvalue weighted by molar-refractivity contribution is 14.0. The van der Waals surface area contributed by atoms with Crippen LogP contribution in [0.5, 0.6) is 0 Å². The molecule has 0 atom stereocenters. The summed E-state index contributed by atoms with van der Waals surface area (Å²) in [5, 5.41) is 6.58. The van der Waals surface area contributed by atoms with Crippen molar-refractivity contribution in [1.29, 1.82) is 0 Å². The first kappa shape index (κ1) is 26.2. The highest BCUT2D eigenvalue weighted by atomic mass is 127. The molecule has 0 amide bonds. The van der Waals surface area contributed by atoms with Gasteiger partial charge in [-0.3, -0.25) is 4.99 Å². The third kappa shape index (κ3) is 7.49. The molecule has 5 nitrogen and oxygen atoms in total. The fourth-order valence-corrected chi connectivity index (χ4v) is 4.04. The largest absolute Gasteiger partial charge is 0.416 e. The van der Waals surface area contributed by atoms with Crippen LogP contribution in [0.2, 0.25) is 0 Å². The van der Waals surface area contributed by atoms with E-state index in [0.717, 1.165) is 69.9 Å². The van der Waals surface area contributed by atoms with Gasteiger partial charge < -0.3 is 20.1 Å². The lowest BCUT2D eigenvalue weighted by molar-refractivity contribution is -0.137. The summed E-state index contributed by atoms with van der Waals surface area (Å²) < 4.78 is 50.5. The third-order valence-electron chi connectivity index (χ3n) is 6.07. The van der Waals surface area contributed by atoms with Crippen molar-refractivity contribution in [1.82, 2.24) is 10.6 Å². The van der Waals surface area contributed by atoms with Gasteiger partial charge in [-0.15, -0.1) is 24.0 Å². The molecule has 1 saturated heterocycles. The SMILES string of the molecule is CN=C(NCCCOC1CCOCC1)NCC1(c2cccc(C(F)(F)F)c2)CCC1.I. The molecule has 1 aromatic rings. The van der Waals surface area contributed by atoms with Crippen molar-refractivity contribution in [3.05, 3.63) is 35.4 Å². The Morgan fingerprint density at radius 1 is 1.23 bits per heavy atom. The minimum absolute atomic E-state index is 0. The van der Waals surface area contributed by atoms with E-state index in [9.17, 15) is 13.2 Å². The summed E-state index contributed by atoms with van der Waals surface area (Å²) in [7, 11) is 1.70. The number of alkyl halides is 3. The van der Waals surface area contributed by atoms with Gasteiger partial charge >= 0.3 is 6.18 Å². The lowest BCUT2D eigenvalue weighted by atomic mass is 9.64. The molecule has 1 aliphatic carbocycles. The molecule has 0 bridgehead atoms. The van der Waals surface area contributed by atoms with Crippen LogP contribution in [0, 0.1) is 0 Å². The number of ether oxygens (including phenoxy) is 2. The van der Waals surface area contributed by atoms with E-state index in [-0.39, 0.29) is 29.4 Å². The highest BCUT2D eigenvalue weighted by Gasteiger charge is 2.40. The number of guanidine groups is 1. The second-order valence-corrected chi connectivity index (χ2v) is 8.10. The zero-order valence-corrected chi connectivity index (χ0v) is 20.3. The summed E-state index contributed by atoms with van der Waals surface area (Å²) in [6.07, 6.45) is 1.50. The monoisotopic (exact) mass is 555 g/mol. The van der Waals surface area contributed by atoms with E-state index in [1.54, 1.807) is 13.1 Å². The van der Waals surface area contributed by atoms with Crippen molar-refractivity contribution in [3.8, 4) is 0 Å². The maximum atomic E-state index is 13.1. The zero-order chi connectivity index (χ0) is 21.5. The molecule has 0 aromatic heterocycles. The highest BCUT2D eigenvalue weighted by Crippen LogP contribution is 2.44. The van der Waals surface area contributed by atoms with Crippen LogP contribution in [-0.4, -0.2) is 52.0 Å². The Kier molecular flexibility index (Phi) is 10.3. The number of nitrogens with one attached hydrogen (secondary N) is 2. The van der Waals surface area contributed by atoms with Crippen molar-refractivity contribution in [2.24, 2.45) is 4.99 Å². The second-order valence-electron chi connectivity index (χ2n) is 8.10. The van der Waals surface area contributed by atoms with E-state index in [4.69, 9.17) is 9.47 Å². The van der Waals surface area contributed by atoms with Gasteiger partial charge in [-0.1, -0.05) is 24.6 Å². The van der Waals surface area contributed by atoms with E-state index < -0.39 is 11.7 Å². The van der Waals surface area contributed by atoms with Crippen LogP contribution in [0.4, 0.5) is 13.2 Å². The molecule has 0 spiro atoms. The maximum absolute atomic E-state index is 13.1. The first-order chi connectivity index (χ1) is 14.4. The second kappa shape index (κ2) is 12.2. The van der Waals surface area contributed by atoms with Gasteiger partial charge in [0.15, 0.2) is 5.96 Å². The Labute approximate surface area is 199 Å². The summed E-state index contributed by atoms with van der Waals surface area (Å²) in [5.74, 6) is 0.666. The van der Waals surface area contributed by atoms with Crippen molar-refractivity contribution >= 4 is 29.9 Å². The minimum atomic E-state index is -4.32. The lowest BCUT2D eigenvalue weighted by Crippen LogP contribution is -2.49. The van der Waals surface area contributed by atoms with Crippen LogP contribution in [0.25, 0.3) is 0 Å². The van der Waals surface area contributed by atoms with Gasteiger partial charge in [-0.25, -0.2) is 0 Å². The Balaban J connectivity index is 0.00000341. The number of hydrogen-bond donors (Lipinski definition) is 2. The molecule has 1 heterocycles. The Hall–Kier alpha value is -1.07. The van der Waals surface area contributed by atoms with Gasteiger partial charge in [-0.2, -0.15) is 13.2 Å². The normalized spacial score (nSPS) is 19.3. The standard InChI is InChI=1S/C22H32F3N3O2.HI/c1-26-20(27-11-4-12-30-19-7-13-29-14-8-19)28-16-21(9-3-10-21)17-5-2-6-18(15-17)22(23,24)25;/h2,5-6,15,19H,3-4,7-14,16H2,1H3,(H2,26,27,28);1H. The van der Waals surface area contributed by atoms with E-state index in [1.807, 2.05) is 0 Å². The molecule has 2 fully saturated rings. The average Bonchev–Trinajstić information content (AvgIpc) is 2.71. The maximum Gasteiger partial charge on any atom is 0.416 e. The quantitative estimate of drug-likeness (QED) is 0.215. The smallest absolute Gasteiger partial charge is 0.381 e. The first-order valence-corrected chi connectivity index (χ1v) is 10.7. The van der Waals surface area contributed by atoms with Gasteiger partial charge in [0.25, 0.3) is 0 Å². The van der Waals surface area contributed by atoms with E-state index in [2.05, 4.69) is 15.6 Å². The van der Waals surface area contributed by atoms with E-state index in [0.29, 0.717) is 25.2 Å². The summed E-state index contributed by atoms with van der Waals surface area (Å²) in [4.78, 5) is 4.24. The Morgan fingerprint density at radius 3 is 2.58 bits per heavy atom. The fourth-order valence-electron chi connectivity index (χ4n) is 4.04. The molecule has 1 aliphatic heterocycles. The van der Waals surface area contributed by atoms with Crippen LogP contribution in [-0.2, 0) is 21.1 Å². The molecule has 0 unspecified atom stereocenters. The Morgan fingerprint density at radius 2 is 1.97 bits per heavy atom. The molecular formula is C22H33F3IN3O2. The molecule has 1 saturated carbocycles. The van der Waals surface area contributed by atoms with Gasteiger partial charge in [0.2, 0.25) is 0 Å². The molecular weight excluding hydrogens is 522 g/mol. The van der Waals surface area contributed by atoms with Crippen LogP contribution in [0.1, 0.15) is 49.7 Å². The van der Waals surface area contributed by atoms with Gasteiger partial charge in [0.1, 0.15) is 0 Å². The van der Waals surface area contributed by atoms with Crippen molar-refractivity contribution in [3.63, 3.8) is 0 Å². The molecule has 176 valence electrons. The lowest BCUT2D eigenvalue weighted by Gasteiger charge is -2.43. The zero-order valence-electron chi connectivity index (χ0n) is 18.0. The van der Waals surface area contributed by atoms with Crippen LogP contribution in [0.15, 0.2) is 29.3 Å². The van der Waals surface area contributed by atoms with Gasteiger partial charge in [0, 0.05) is 45.4 Å². The molecule has 3 rings (SSSR count). The first-order valence-electron chi connectivity index (χ1n) is 10.7. The molecule has 0 radical (unpaired) electrons. The van der Waals surface area contributed by atoms with Crippen LogP contribution >= 0.6 is 24.0 Å². The average molecular weight is 555 g/mol. The number of benzene rings is 1. The van der Waals surface area contributed by atoms with Crippen LogP contribution < -0.4 is 10.6 Å². The third-order valence-corrected chi connectivity index (χ3v) is 6.07. The van der Waals surface area contributed by atoms with Crippen molar-refractivity contribution in [2.75, 3.05) is 40.0 Å². The summed E-state index contributed by atoms with van der Waals surface area (Å²) in [5.41, 5.74) is -0.111. The van der Waals surface area contributed by atoms with Crippen molar-refractivity contribution < 1.29 is 22.6 Å². The minimum Gasteiger partial charge on any atom is -0.381 e. The van der Waals surface area contributed by atoms with E-state index >= 15 is 0 Å². The summed E-state index contributed by atoms with van der Waals surface area (Å²) in [6, 6.07) is 5.74. The number of nitrogens with zero attached hydrogens (tertiary/aromatic N) is 1. The molecule has 9 heteroatoms. The number of rotatable bonds is 8. The Bertz CT molecular complexity index is 705. The van der Waals surface area contributed by atoms with Gasteiger partial charge in [-0.05, 0) is 43.7 Å². The molecule has 2 N–H and O–H groups in total. The summed E-state index contributed by atoms with van der Waals surface area (Å²) >= 11 is 0. The van der Waals surface area contributed by atoms with Crippen LogP contribution in [0.3, 0.4) is 0 Å². The number of hydrogen-bond acceptors (Lipinski definition) is 3. The molecule has 2 aliphatic rings. The van der Waals surface area contributed by atoms with Gasteiger partial charge in [0.05, 0.1) is 11.7 Å². The fraction of sp³-hybridized carbons (Fsp3) is 0.682.